The lowest BCUT2D eigenvalue weighted by molar-refractivity contribution is 0.990. The molecule has 0 aromatic heterocycles. The Labute approximate surface area is 44.0 Å². The Kier molecular flexibility index (Phi) is 4.38. The maximum absolute atomic E-state index is 3.50. The number of nitrogens with one attached hydrogen (secondary N) is 1. The summed E-state index contributed by atoms with van der Waals surface area (Å²) in [6.07, 6.45) is 3.43. The van der Waals surface area contributed by atoms with Crippen LogP contribution in [-0.2, 0) is 0 Å². The van der Waals surface area contributed by atoms with E-state index in [1.165, 1.54) is 0 Å². The highest BCUT2D eigenvalue weighted by atomic mass is 14.8. The molecule has 0 aromatic rings. The maximum atomic E-state index is 3.50. The molecule has 0 fully saturated rings. The molecule has 0 radical (unpaired) electrons. The topological polar surface area (TPSA) is 12.0 Å². The van der Waals surface area contributed by atoms with Crippen LogP contribution < -0.4 is 5.32 Å². The Morgan fingerprint density at radius 1 is 1.71 bits per heavy atom. The van der Waals surface area contributed by atoms with Crippen LogP contribution in [0.5, 0.6) is 0 Å². The summed E-state index contributed by atoms with van der Waals surface area (Å²) < 4.78 is 0. The minimum atomic E-state index is 0.780. The molecule has 0 saturated heterocycles. The molecular weight excluding hydrogens is 86.1 g/mol. The summed E-state index contributed by atoms with van der Waals surface area (Å²) in [5.74, 6) is 0. The third-order valence-corrected chi connectivity index (χ3v) is 0.466. The summed E-state index contributed by atoms with van der Waals surface area (Å²) >= 11 is 0. The molecule has 0 atom stereocenters. The molecule has 0 amide bonds. The van der Waals surface area contributed by atoms with Crippen molar-refractivity contribution in [2.24, 2.45) is 0 Å². The van der Waals surface area contributed by atoms with Crippen LogP contribution in [0.2, 0.25) is 0 Å². The van der Waals surface area contributed by atoms with Crippen molar-refractivity contribution in [1.82, 2.24) is 5.32 Å². The van der Waals surface area contributed by atoms with E-state index in [1.54, 1.807) is 12.3 Å². The maximum Gasteiger partial charge on any atom is 0.0393 e. The quantitative estimate of drug-likeness (QED) is 0.314. The minimum Gasteiger partial charge on any atom is -0.381 e. The first-order valence-electron chi connectivity index (χ1n) is 2.10. The molecule has 0 unspecified atom stereocenters. The van der Waals surface area contributed by atoms with E-state index in [4.69, 9.17) is 0 Å². The van der Waals surface area contributed by atoms with E-state index in [1.807, 2.05) is 0 Å². The highest BCUT2D eigenvalue weighted by Gasteiger charge is 1.61. The van der Waals surface area contributed by atoms with Crippen LogP contribution in [0, 0.1) is 0 Å². The van der Waals surface area contributed by atoms with Gasteiger partial charge in [0.25, 0.3) is 0 Å². The average molecular weight is 95.1 g/mol. The van der Waals surface area contributed by atoms with Crippen LogP contribution in [0.25, 0.3) is 0 Å². The van der Waals surface area contributed by atoms with Crippen LogP contribution in [0.15, 0.2) is 31.2 Å². The van der Waals surface area contributed by atoms with E-state index in [0.29, 0.717) is 0 Å². The van der Waals surface area contributed by atoms with Crippen molar-refractivity contribution in [3.63, 3.8) is 0 Å². The van der Waals surface area contributed by atoms with E-state index in [0.717, 1.165) is 6.54 Å². The molecular formula is C6H9N. The summed E-state index contributed by atoms with van der Waals surface area (Å²) in [6, 6.07) is 0. The van der Waals surface area contributed by atoms with Gasteiger partial charge in [-0.1, -0.05) is 12.7 Å². The van der Waals surface area contributed by atoms with Crippen molar-refractivity contribution in [3.8, 4) is 0 Å². The first kappa shape index (κ1) is 6.06. The Balaban J connectivity index is 2.97. The monoisotopic (exact) mass is 95.1 g/mol. The van der Waals surface area contributed by atoms with Crippen LogP contribution in [0.1, 0.15) is 0 Å². The Morgan fingerprint density at radius 3 is 2.86 bits per heavy atom. The fraction of sp³-hybridized carbons (Fsp3) is 0.167. The van der Waals surface area contributed by atoms with Gasteiger partial charge in [-0.05, 0) is 0 Å². The smallest absolute Gasteiger partial charge is 0.0393 e. The van der Waals surface area contributed by atoms with Gasteiger partial charge in [-0.3, -0.25) is 0 Å². The van der Waals surface area contributed by atoms with Gasteiger partial charge < -0.3 is 5.32 Å². The second-order valence-electron chi connectivity index (χ2n) is 1.05. The molecule has 0 aliphatic carbocycles. The molecule has 0 saturated carbocycles. The summed E-state index contributed by atoms with van der Waals surface area (Å²) in [6.45, 7) is 7.64. The van der Waals surface area contributed by atoms with E-state index < -0.39 is 0 Å². The van der Waals surface area contributed by atoms with Gasteiger partial charge in [0.1, 0.15) is 0 Å². The Bertz CT molecular complexity index is 88.4. The normalized spacial score (nSPS) is 6.29. The SMILES string of the molecule is C=C=CNCC=C. The third kappa shape index (κ3) is 5.06. The van der Waals surface area contributed by atoms with Crippen molar-refractivity contribution in [3.05, 3.63) is 31.2 Å². The zero-order valence-corrected chi connectivity index (χ0v) is 4.28. The van der Waals surface area contributed by atoms with Crippen molar-refractivity contribution in [2.45, 2.75) is 0 Å². The Morgan fingerprint density at radius 2 is 2.43 bits per heavy atom. The molecule has 0 aromatic carbocycles. The molecule has 0 aliphatic heterocycles. The van der Waals surface area contributed by atoms with Crippen LogP contribution in [0.3, 0.4) is 0 Å². The fourth-order valence-corrected chi connectivity index (χ4v) is 0.214. The molecule has 7 heavy (non-hydrogen) atoms. The first-order chi connectivity index (χ1) is 3.41. The standard InChI is InChI=1S/C6H9N/c1-3-5-7-6-4-2/h3,6-7H,1-2,5H2. The molecule has 0 rings (SSSR count). The lowest BCUT2D eigenvalue weighted by Crippen LogP contribution is -2.01. The largest absolute Gasteiger partial charge is 0.381 e. The van der Waals surface area contributed by atoms with Gasteiger partial charge >= 0.3 is 0 Å². The zero-order chi connectivity index (χ0) is 5.54. The second-order valence-corrected chi connectivity index (χ2v) is 1.05. The van der Waals surface area contributed by atoms with E-state index >= 15 is 0 Å². The molecule has 1 N–H and O–H groups in total. The molecule has 0 bridgehead atoms. The van der Waals surface area contributed by atoms with Crippen LogP contribution in [-0.4, -0.2) is 6.54 Å². The van der Waals surface area contributed by atoms with Crippen molar-refractivity contribution in [2.75, 3.05) is 6.54 Å². The average Bonchev–Trinajstić information content (AvgIpc) is 1.69. The van der Waals surface area contributed by atoms with Crippen LogP contribution >= 0.6 is 0 Å². The van der Waals surface area contributed by atoms with Crippen molar-refractivity contribution < 1.29 is 0 Å². The van der Waals surface area contributed by atoms with E-state index in [2.05, 4.69) is 24.2 Å². The highest BCUT2D eigenvalue weighted by Crippen LogP contribution is 1.57. The van der Waals surface area contributed by atoms with E-state index in [9.17, 15) is 0 Å². The summed E-state index contributed by atoms with van der Waals surface area (Å²) in [5.41, 5.74) is 2.57. The third-order valence-electron chi connectivity index (χ3n) is 0.466. The fourth-order valence-electron chi connectivity index (χ4n) is 0.214. The Hall–Kier alpha value is -0.940. The van der Waals surface area contributed by atoms with Crippen molar-refractivity contribution >= 4 is 0 Å². The summed E-state index contributed by atoms with van der Waals surface area (Å²) in [5, 5.41) is 2.87. The van der Waals surface area contributed by atoms with Gasteiger partial charge in [-0.25, -0.2) is 0 Å². The van der Waals surface area contributed by atoms with Gasteiger partial charge in [0.05, 0.1) is 0 Å². The van der Waals surface area contributed by atoms with Gasteiger partial charge in [-0.15, -0.1) is 12.3 Å². The van der Waals surface area contributed by atoms with Crippen molar-refractivity contribution in [1.29, 1.82) is 0 Å². The lowest BCUT2D eigenvalue weighted by Gasteiger charge is -1.85. The van der Waals surface area contributed by atoms with Crippen LogP contribution in [0.4, 0.5) is 0 Å². The van der Waals surface area contributed by atoms with Gasteiger partial charge in [0, 0.05) is 12.7 Å². The number of hydrogen-bond donors (Lipinski definition) is 1. The summed E-state index contributed by atoms with van der Waals surface area (Å²) in [4.78, 5) is 0. The highest BCUT2D eigenvalue weighted by molar-refractivity contribution is 4.78. The first-order valence-corrected chi connectivity index (χ1v) is 2.10. The van der Waals surface area contributed by atoms with E-state index in [-0.39, 0.29) is 0 Å². The molecule has 1 heteroatoms. The lowest BCUT2D eigenvalue weighted by atomic mass is 10.6. The second kappa shape index (κ2) is 5.06. The number of hydrogen-bond acceptors (Lipinski definition) is 1. The molecule has 0 heterocycles. The zero-order valence-electron chi connectivity index (χ0n) is 4.28. The molecule has 0 aliphatic rings. The number of rotatable bonds is 3. The predicted molar refractivity (Wildman–Crippen MR) is 31.9 cm³/mol. The van der Waals surface area contributed by atoms with Gasteiger partial charge in [0.2, 0.25) is 0 Å². The predicted octanol–water partition coefficient (Wildman–Crippen LogP) is 1.06. The minimum absolute atomic E-state index is 0.780. The molecule has 1 nitrogen and oxygen atoms in total. The summed E-state index contributed by atoms with van der Waals surface area (Å²) in [7, 11) is 0. The van der Waals surface area contributed by atoms with Gasteiger partial charge in [-0.2, -0.15) is 0 Å². The molecule has 38 valence electrons. The van der Waals surface area contributed by atoms with Gasteiger partial charge in [0.15, 0.2) is 0 Å². The molecule has 0 spiro atoms.